The molecular formula is C16H30N2O. The number of hydrogen-bond acceptors (Lipinski definition) is 2. The molecule has 1 saturated heterocycles. The van der Waals surface area contributed by atoms with Gasteiger partial charge in [-0.1, -0.05) is 26.7 Å². The van der Waals surface area contributed by atoms with Crippen LogP contribution in [-0.4, -0.2) is 29.9 Å². The van der Waals surface area contributed by atoms with Crippen LogP contribution in [0.15, 0.2) is 0 Å². The zero-order valence-electron chi connectivity index (χ0n) is 12.6. The van der Waals surface area contributed by atoms with Gasteiger partial charge in [0.1, 0.15) is 0 Å². The number of amides is 1. The van der Waals surface area contributed by atoms with Gasteiger partial charge in [0.15, 0.2) is 0 Å². The molecule has 0 spiro atoms. The second-order valence-corrected chi connectivity index (χ2v) is 6.65. The number of fused-ring (bicyclic) bond motifs is 1. The second kappa shape index (κ2) is 6.74. The van der Waals surface area contributed by atoms with E-state index in [0.717, 1.165) is 31.2 Å². The number of nitrogens with zero attached hydrogens (tertiary/aromatic N) is 1. The van der Waals surface area contributed by atoms with Crippen LogP contribution in [0.4, 0.5) is 0 Å². The van der Waals surface area contributed by atoms with E-state index in [1.54, 1.807) is 0 Å². The Morgan fingerprint density at radius 2 is 2.05 bits per heavy atom. The minimum absolute atomic E-state index is 0.152. The summed E-state index contributed by atoms with van der Waals surface area (Å²) in [5, 5.41) is 0. The molecule has 3 nitrogen and oxygen atoms in total. The Labute approximate surface area is 117 Å². The van der Waals surface area contributed by atoms with Crippen molar-refractivity contribution >= 4 is 5.91 Å². The van der Waals surface area contributed by atoms with E-state index in [0.29, 0.717) is 18.5 Å². The number of carbonyl (C=O) groups is 1. The van der Waals surface area contributed by atoms with Gasteiger partial charge in [-0.2, -0.15) is 0 Å². The first-order chi connectivity index (χ1) is 9.15. The number of carbonyl (C=O) groups excluding carboxylic acids is 1. The lowest BCUT2D eigenvalue weighted by atomic mass is 9.72. The summed E-state index contributed by atoms with van der Waals surface area (Å²) in [5.41, 5.74) is 5.55. The average Bonchev–Trinajstić information content (AvgIpc) is 2.45. The van der Waals surface area contributed by atoms with Gasteiger partial charge in [-0.3, -0.25) is 4.79 Å². The molecule has 19 heavy (non-hydrogen) atoms. The molecule has 2 N–H and O–H groups in total. The molecule has 1 saturated carbocycles. The van der Waals surface area contributed by atoms with Crippen molar-refractivity contribution in [2.75, 3.05) is 13.1 Å². The predicted octanol–water partition coefficient (Wildman–Crippen LogP) is 2.79. The lowest BCUT2D eigenvalue weighted by Gasteiger charge is -2.48. The third-order valence-corrected chi connectivity index (χ3v) is 5.28. The van der Waals surface area contributed by atoms with E-state index in [1.807, 2.05) is 0 Å². The summed E-state index contributed by atoms with van der Waals surface area (Å²) in [4.78, 5) is 14.9. The summed E-state index contributed by atoms with van der Waals surface area (Å²) in [6, 6.07) is 0.533. The first-order valence-corrected chi connectivity index (χ1v) is 8.15. The predicted molar refractivity (Wildman–Crippen MR) is 78.7 cm³/mol. The van der Waals surface area contributed by atoms with Crippen LogP contribution in [0.5, 0.6) is 0 Å². The molecule has 4 unspecified atom stereocenters. The van der Waals surface area contributed by atoms with Crippen molar-refractivity contribution < 1.29 is 4.79 Å². The van der Waals surface area contributed by atoms with Gasteiger partial charge in [-0.25, -0.2) is 0 Å². The number of nitrogens with two attached hydrogens (primary N) is 1. The third-order valence-electron chi connectivity index (χ3n) is 5.28. The Balaban J connectivity index is 2.00. The van der Waals surface area contributed by atoms with E-state index in [2.05, 4.69) is 18.7 Å². The molecule has 1 aliphatic carbocycles. The van der Waals surface area contributed by atoms with Crippen LogP contribution >= 0.6 is 0 Å². The monoisotopic (exact) mass is 266 g/mol. The standard InChI is InChI=1S/C16H30N2O/c1-12-9-11-18(15-8-4-3-7-14(12)15)16(19)13(2)6-5-10-17/h12-15H,3-11,17H2,1-2H3. The molecule has 2 rings (SSSR count). The molecule has 0 radical (unpaired) electrons. The molecule has 1 amide bonds. The highest BCUT2D eigenvalue weighted by molar-refractivity contribution is 5.79. The van der Waals surface area contributed by atoms with Gasteiger partial charge >= 0.3 is 0 Å². The molecule has 0 aromatic heterocycles. The van der Waals surface area contributed by atoms with Gasteiger partial charge in [0.2, 0.25) is 5.91 Å². The van der Waals surface area contributed by atoms with Gasteiger partial charge in [0.25, 0.3) is 0 Å². The van der Waals surface area contributed by atoms with Gasteiger partial charge in [0, 0.05) is 18.5 Å². The Morgan fingerprint density at radius 3 is 2.79 bits per heavy atom. The zero-order chi connectivity index (χ0) is 13.8. The van der Waals surface area contributed by atoms with Crippen LogP contribution in [0.1, 0.15) is 58.8 Å². The highest BCUT2D eigenvalue weighted by Crippen LogP contribution is 2.39. The maximum Gasteiger partial charge on any atom is 0.225 e. The van der Waals surface area contributed by atoms with Gasteiger partial charge in [0.05, 0.1) is 0 Å². The largest absolute Gasteiger partial charge is 0.339 e. The maximum absolute atomic E-state index is 12.7. The zero-order valence-corrected chi connectivity index (χ0v) is 12.6. The van der Waals surface area contributed by atoms with Crippen molar-refractivity contribution in [2.45, 2.75) is 64.8 Å². The van der Waals surface area contributed by atoms with Crippen molar-refractivity contribution in [3.63, 3.8) is 0 Å². The summed E-state index contributed by atoms with van der Waals surface area (Å²) in [7, 11) is 0. The van der Waals surface area contributed by atoms with Crippen LogP contribution in [0.2, 0.25) is 0 Å². The Kier molecular flexibility index (Phi) is 5.26. The molecule has 0 aromatic rings. The van der Waals surface area contributed by atoms with Crippen LogP contribution < -0.4 is 5.73 Å². The Hall–Kier alpha value is -0.570. The highest BCUT2D eigenvalue weighted by atomic mass is 16.2. The topological polar surface area (TPSA) is 46.3 Å². The first-order valence-electron chi connectivity index (χ1n) is 8.15. The molecule has 2 fully saturated rings. The van der Waals surface area contributed by atoms with E-state index in [-0.39, 0.29) is 5.92 Å². The van der Waals surface area contributed by atoms with Gasteiger partial charge < -0.3 is 10.6 Å². The summed E-state index contributed by atoms with van der Waals surface area (Å²) >= 11 is 0. The van der Waals surface area contributed by atoms with Crippen molar-refractivity contribution in [2.24, 2.45) is 23.5 Å². The Morgan fingerprint density at radius 1 is 1.32 bits per heavy atom. The van der Waals surface area contributed by atoms with E-state index in [4.69, 9.17) is 5.73 Å². The van der Waals surface area contributed by atoms with Crippen LogP contribution in [-0.2, 0) is 4.79 Å². The highest BCUT2D eigenvalue weighted by Gasteiger charge is 2.40. The maximum atomic E-state index is 12.7. The number of hydrogen-bond donors (Lipinski definition) is 1. The molecule has 1 heterocycles. The number of rotatable bonds is 4. The van der Waals surface area contributed by atoms with Crippen LogP contribution in [0, 0.1) is 17.8 Å². The van der Waals surface area contributed by atoms with Crippen molar-refractivity contribution in [3.05, 3.63) is 0 Å². The summed E-state index contributed by atoms with van der Waals surface area (Å²) in [6.07, 6.45) is 8.31. The molecule has 2 aliphatic rings. The minimum Gasteiger partial charge on any atom is -0.339 e. The smallest absolute Gasteiger partial charge is 0.225 e. The van der Waals surface area contributed by atoms with E-state index >= 15 is 0 Å². The minimum atomic E-state index is 0.152. The van der Waals surface area contributed by atoms with Crippen LogP contribution in [0.3, 0.4) is 0 Å². The fraction of sp³-hybridized carbons (Fsp3) is 0.938. The summed E-state index contributed by atoms with van der Waals surface area (Å²) in [5.74, 6) is 2.10. The van der Waals surface area contributed by atoms with Crippen molar-refractivity contribution in [1.29, 1.82) is 0 Å². The summed E-state index contributed by atoms with van der Waals surface area (Å²) in [6.45, 7) is 6.13. The molecule has 1 aliphatic heterocycles. The lowest BCUT2D eigenvalue weighted by Crippen LogP contribution is -2.53. The van der Waals surface area contributed by atoms with Crippen molar-refractivity contribution in [1.82, 2.24) is 4.90 Å². The average molecular weight is 266 g/mol. The Bertz CT molecular complexity index is 305. The fourth-order valence-electron chi connectivity index (χ4n) is 4.02. The van der Waals surface area contributed by atoms with E-state index < -0.39 is 0 Å². The van der Waals surface area contributed by atoms with Crippen molar-refractivity contribution in [3.8, 4) is 0 Å². The molecule has 3 heteroatoms. The fourth-order valence-corrected chi connectivity index (χ4v) is 4.02. The lowest BCUT2D eigenvalue weighted by molar-refractivity contribution is -0.143. The molecule has 0 aromatic carbocycles. The van der Waals surface area contributed by atoms with E-state index in [9.17, 15) is 4.79 Å². The van der Waals surface area contributed by atoms with Gasteiger partial charge in [-0.15, -0.1) is 0 Å². The van der Waals surface area contributed by atoms with Crippen LogP contribution in [0.25, 0.3) is 0 Å². The van der Waals surface area contributed by atoms with Gasteiger partial charge in [-0.05, 0) is 50.5 Å². The normalized spacial score (nSPS) is 32.8. The third kappa shape index (κ3) is 3.31. The molecular weight excluding hydrogens is 236 g/mol. The SMILES string of the molecule is CC(CCCN)C(=O)N1CCC(C)C2CCCCC21. The number of piperidine rings is 1. The summed E-state index contributed by atoms with van der Waals surface area (Å²) < 4.78 is 0. The molecule has 4 atom stereocenters. The quantitative estimate of drug-likeness (QED) is 0.850. The first kappa shape index (κ1) is 14.8. The molecule has 110 valence electrons. The molecule has 0 bridgehead atoms. The number of likely N-dealkylation sites (tertiary alicyclic amines) is 1. The second-order valence-electron chi connectivity index (χ2n) is 6.65. The van der Waals surface area contributed by atoms with E-state index in [1.165, 1.54) is 32.1 Å².